The maximum atomic E-state index is 13.3. The molecule has 1 aliphatic heterocycles. The predicted molar refractivity (Wildman–Crippen MR) is 140 cm³/mol. The van der Waals surface area contributed by atoms with Crippen LogP contribution in [0.5, 0.6) is 5.75 Å². The largest absolute Gasteiger partial charge is 0.493 e. The number of fused-ring (bicyclic) bond motifs is 1. The molecule has 4 rings (SSSR count). The fraction of sp³-hybridized carbons (Fsp3) is 0.560. The SMILES string of the molecule is [2H]C(CC1CCCN1C)NS(=O)(=O)c1ccc(OCCC)c(-c2nc3c(C([2H])([2H])CC)nn(C)c3c(=O)[nH]2)c1. The molecule has 2 aromatic heterocycles. The number of hydrogen-bond donors (Lipinski definition) is 2. The molecule has 10 nitrogen and oxygen atoms in total. The summed E-state index contributed by atoms with van der Waals surface area (Å²) in [5.41, 5.74) is -0.0633. The van der Waals surface area contributed by atoms with E-state index in [-0.39, 0.29) is 45.5 Å². The topological polar surface area (TPSA) is 122 Å². The molecule has 0 saturated carbocycles. The summed E-state index contributed by atoms with van der Waals surface area (Å²) in [6.07, 6.45) is 1.31. The first kappa shape index (κ1) is 22.4. The number of ether oxygens (including phenoxy) is 1. The van der Waals surface area contributed by atoms with Crippen LogP contribution in [0.2, 0.25) is 0 Å². The van der Waals surface area contributed by atoms with Crippen LogP contribution in [0, 0.1) is 0 Å². The van der Waals surface area contributed by atoms with Crippen molar-refractivity contribution in [1.82, 2.24) is 29.4 Å². The molecular weight excluding hydrogens is 480 g/mol. The zero-order chi connectivity index (χ0) is 28.5. The van der Waals surface area contributed by atoms with Crippen molar-refractivity contribution in [2.75, 3.05) is 26.7 Å². The lowest BCUT2D eigenvalue weighted by molar-refractivity contribution is 0.297. The molecule has 196 valence electrons. The third kappa shape index (κ3) is 5.47. The maximum absolute atomic E-state index is 13.3. The quantitative estimate of drug-likeness (QED) is 0.399. The van der Waals surface area contributed by atoms with Crippen LogP contribution in [-0.2, 0) is 23.4 Å². The van der Waals surface area contributed by atoms with Crippen molar-refractivity contribution in [2.24, 2.45) is 7.05 Å². The first-order chi connectivity index (χ1) is 18.4. The Balaban J connectivity index is 1.77. The van der Waals surface area contributed by atoms with Crippen molar-refractivity contribution in [3.8, 4) is 17.1 Å². The molecule has 0 spiro atoms. The molecule has 1 saturated heterocycles. The molecule has 3 aromatic rings. The van der Waals surface area contributed by atoms with E-state index in [1.54, 1.807) is 14.0 Å². The summed E-state index contributed by atoms with van der Waals surface area (Å²) in [5.74, 6) is 0.351. The van der Waals surface area contributed by atoms with Gasteiger partial charge in [0.25, 0.3) is 5.56 Å². The monoisotopic (exact) mass is 519 g/mol. The van der Waals surface area contributed by atoms with Crippen LogP contribution in [0.3, 0.4) is 0 Å². The second-order valence-corrected chi connectivity index (χ2v) is 10.7. The van der Waals surface area contributed by atoms with Crippen LogP contribution in [0.4, 0.5) is 0 Å². The van der Waals surface area contributed by atoms with Gasteiger partial charge in [-0.15, -0.1) is 0 Å². The summed E-state index contributed by atoms with van der Waals surface area (Å²) in [6.45, 7) is 3.87. The standard InChI is InChI=1S/C25H36N6O4S/c1-5-8-20-22-23(31(4)29-20)25(32)28-24(27-22)19-16-18(10-11-21(19)35-15-6-2)36(33,34)26-13-12-17-9-7-14-30(17)3/h10-11,16-17,26H,5-9,12-15H2,1-4H3,(H,27,28,32)/i8D2,13D. The maximum Gasteiger partial charge on any atom is 0.277 e. The number of aromatic nitrogens is 4. The van der Waals surface area contributed by atoms with Gasteiger partial charge in [0.1, 0.15) is 17.1 Å². The van der Waals surface area contributed by atoms with E-state index in [4.69, 9.17) is 8.85 Å². The molecule has 2 unspecified atom stereocenters. The molecule has 0 aliphatic carbocycles. The highest BCUT2D eigenvalue weighted by molar-refractivity contribution is 7.89. The molecule has 36 heavy (non-hydrogen) atoms. The lowest BCUT2D eigenvalue weighted by atomic mass is 10.1. The van der Waals surface area contributed by atoms with E-state index in [0.717, 1.165) is 19.4 Å². The summed E-state index contributed by atoms with van der Waals surface area (Å²) >= 11 is 0. The van der Waals surface area contributed by atoms with Crippen molar-refractivity contribution in [1.29, 1.82) is 0 Å². The molecule has 0 radical (unpaired) electrons. The van der Waals surface area contributed by atoms with Gasteiger partial charge in [-0.25, -0.2) is 18.1 Å². The molecule has 0 bridgehead atoms. The van der Waals surface area contributed by atoms with E-state index in [1.165, 1.54) is 22.9 Å². The van der Waals surface area contributed by atoms with Gasteiger partial charge in [-0.1, -0.05) is 20.3 Å². The van der Waals surface area contributed by atoms with Crippen LogP contribution < -0.4 is 15.0 Å². The van der Waals surface area contributed by atoms with Gasteiger partial charge in [-0.3, -0.25) is 9.48 Å². The van der Waals surface area contributed by atoms with Gasteiger partial charge in [-0.2, -0.15) is 5.10 Å². The van der Waals surface area contributed by atoms with E-state index in [1.807, 2.05) is 14.0 Å². The fourth-order valence-corrected chi connectivity index (χ4v) is 5.40. The van der Waals surface area contributed by atoms with Crippen LogP contribution in [-0.4, -0.2) is 65.8 Å². The molecule has 1 aromatic carbocycles. The van der Waals surface area contributed by atoms with Crippen molar-refractivity contribution >= 4 is 21.1 Å². The normalized spacial score (nSPS) is 19.2. The zero-order valence-electron chi connectivity index (χ0n) is 24.2. The van der Waals surface area contributed by atoms with Gasteiger partial charge in [0.2, 0.25) is 10.0 Å². The highest BCUT2D eigenvalue weighted by Crippen LogP contribution is 2.31. The lowest BCUT2D eigenvalue weighted by Crippen LogP contribution is -2.31. The molecule has 0 amide bonds. The second kappa shape index (κ2) is 11.1. The molecule has 11 heteroatoms. The van der Waals surface area contributed by atoms with Crippen molar-refractivity contribution in [2.45, 2.75) is 63.3 Å². The fourth-order valence-electron chi connectivity index (χ4n) is 4.43. The minimum atomic E-state index is -4.08. The number of nitrogens with zero attached hydrogens (tertiary/aromatic N) is 4. The molecule has 2 atom stereocenters. The van der Waals surface area contributed by atoms with Crippen LogP contribution in [0.1, 0.15) is 55.8 Å². The van der Waals surface area contributed by atoms with Gasteiger partial charge in [0.15, 0.2) is 5.52 Å². The Morgan fingerprint density at radius 3 is 2.78 bits per heavy atom. The van der Waals surface area contributed by atoms with Crippen molar-refractivity contribution in [3.63, 3.8) is 0 Å². The zero-order valence-corrected chi connectivity index (χ0v) is 22.0. The Kier molecular flexibility index (Phi) is 6.92. The number of sulfonamides is 1. The Labute approximate surface area is 216 Å². The van der Waals surface area contributed by atoms with E-state index in [2.05, 4.69) is 24.7 Å². The van der Waals surface area contributed by atoms with Gasteiger partial charge in [0, 0.05) is 23.7 Å². The Morgan fingerprint density at radius 2 is 2.08 bits per heavy atom. The summed E-state index contributed by atoms with van der Waals surface area (Å²) in [4.78, 5) is 22.4. The number of likely N-dealkylation sites (tertiary alicyclic amines) is 1. The number of aromatic amines is 1. The summed E-state index contributed by atoms with van der Waals surface area (Å²) in [6, 6.07) is 4.40. The van der Waals surface area contributed by atoms with E-state index < -0.39 is 28.5 Å². The number of hydrogen-bond acceptors (Lipinski definition) is 7. The van der Waals surface area contributed by atoms with Gasteiger partial charge >= 0.3 is 0 Å². The Morgan fingerprint density at radius 1 is 1.28 bits per heavy atom. The van der Waals surface area contributed by atoms with Crippen molar-refractivity contribution in [3.05, 3.63) is 34.2 Å². The third-order valence-electron chi connectivity index (χ3n) is 6.32. The average Bonchev–Trinajstić information content (AvgIpc) is 3.44. The molecular formula is C25H36N6O4S. The number of H-pyrrole nitrogens is 1. The van der Waals surface area contributed by atoms with Gasteiger partial charge < -0.3 is 14.6 Å². The van der Waals surface area contributed by atoms with Crippen molar-refractivity contribution < 1.29 is 17.3 Å². The lowest BCUT2D eigenvalue weighted by Gasteiger charge is -2.19. The molecule has 1 fully saturated rings. The van der Waals surface area contributed by atoms with Crippen LogP contribution in [0.25, 0.3) is 22.4 Å². The summed E-state index contributed by atoms with van der Waals surface area (Å²) in [5, 5.41) is 4.23. The Bertz CT molecular complexity index is 1510. The first-order valence-electron chi connectivity index (χ1n) is 13.8. The highest BCUT2D eigenvalue weighted by atomic mass is 32.2. The first-order valence-corrected chi connectivity index (χ1v) is 13.8. The van der Waals surface area contributed by atoms with E-state index in [0.29, 0.717) is 25.2 Å². The third-order valence-corrected chi connectivity index (χ3v) is 7.67. The molecule has 2 N–H and O–H groups in total. The van der Waals surface area contributed by atoms with Crippen LogP contribution in [0.15, 0.2) is 27.9 Å². The van der Waals surface area contributed by atoms with E-state index >= 15 is 0 Å². The smallest absolute Gasteiger partial charge is 0.277 e. The van der Waals surface area contributed by atoms with Gasteiger partial charge in [0.05, 0.1) is 22.8 Å². The molecule has 1 aliphatic rings. The Hall–Kier alpha value is -2.76. The minimum Gasteiger partial charge on any atom is -0.493 e. The summed E-state index contributed by atoms with van der Waals surface area (Å²) < 4.78 is 61.2. The average molecular weight is 520 g/mol. The van der Waals surface area contributed by atoms with E-state index in [9.17, 15) is 13.2 Å². The predicted octanol–water partition coefficient (Wildman–Crippen LogP) is 2.83. The highest BCUT2D eigenvalue weighted by Gasteiger charge is 2.23. The van der Waals surface area contributed by atoms with Crippen LogP contribution >= 0.6 is 0 Å². The number of nitrogens with one attached hydrogen (secondary N) is 2. The minimum absolute atomic E-state index is 0.0326. The number of aryl methyl sites for hydroxylation is 2. The number of benzene rings is 1. The molecule has 3 heterocycles. The summed E-state index contributed by atoms with van der Waals surface area (Å²) in [7, 11) is -0.556. The number of rotatable bonds is 11. The second-order valence-electron chi connectivity index (χ2n) is 8.96. The van der Waals surface area contributed by atoms with Gasteiger partial charge in [-0.05, 0) is 63.8 Å².